The van der Waals surface area contributed by atoms with Crippen molar-refractivity contribution in [2.24, 2.45) is 0 Å². The molecule has 4 nitrogen and oxygen atoms in total. The van der Waals surface area contributed by atoms with Gasteiger partial charge in [0.25, 0.3) is 0 Å². The molecule has 0 saturated heterocycles. The topological polar surface area (TPSA) is 54.0 Å². The summed E-state index contributed by atoms with van der Waals surface area (Å²) in [7, 11) is 0. The second-order valence-electron chi connectivity index (χ2n) is 27.5. The minimum atomic E-state index is 0. The molecule has 0 unspecified atom stereocenters. The normalized spacial score (nSPS) is 11.7. The molecule has 5 heteroatoms. The maximum atomic E-state index is 6.42. The summed E-state index contributed by atoms with van der Waals surface area (Å²) in [6.07, 6.45) is 0. The minimum absolute atomic E-state index is 0. The van der Waals surface area contributed by atoms with E-state index < -0.39 is 0 Å². The Morgan fingerprint density at radius 1 is 0.162 bits per heavy atom. The Morgan fingerprint density at radius 2 is 0.343 bits per heavy atom. The maximum Gasteiger partial charge on any atom is 2.00 e. The van der Waals surface area contributed by atoms with Gasteiger partial charge in [-0.1, -0.05) is 291 Å². The smallest absolute Gasteiger partial charge is 0.656 e. The first kappa shape index (κ1) is 61.7. The summed E-state index contributed by atoms with van der Waals surface area (Å²) in [6, 6.07) is 133. The molecule has 2 aromatic heterocycles. The second kappa shape index (κ2) is 25.1. The van der Waals surface area contributed by atoms with E-state index in [0.717, 1.165) is 221 Å². The van der Waals surface area contributed by atoms with Crippen LogP contribution in [-0.2, 0) is 21.1 Å². The van der Waals surface area contributed by atoms with Crippen LogP contribution >= 0.6 is 0 Å². The van der Waals surface area contributed by atoms with Crippen molar-refractivity contribution in [3.8, 4) is 134 Å². The van der Waals surface area contributed by atoms with Gasteiger partial charge in [-0.2, -0.15) is 0 Å². The fraction of sp³-hybridized carbons (Fsp3) is 0. The van der Waals surface area contributed by atoms with Crippen molar-refractivity contribution in [2.45, 2.75) is 0 Å². The molecule has 3 aliphatic rings. The van der Waals surface area contributed by atoms with Gasteiger partial charge in [-0.3, -0.25) is 0 Å². The molecule has 1 aliphatic carbocycles. The van der Waals surface area contributed by atoms with Crippen molar-refractivity contribution in [3.63, 3.8) is 0 Å². The van der Waals surface area contributed by atoms with Crippen LogP contribution in [0.3, 0.4) is 0 Å². The summed E-state index contributed by atoms with van der Waals surface area (Å²) in [5.74, 6) is 0. The fourth-order valence-electron chi connectivity index (χ4n) is 16.5. The van der Waals surface area contributed by atoms with E-state index in [9.17, 15) is 0 Å². The molecule has 0 atom stereocenters. The number of hydrogen-bond donors (Lipinski definition) is 0. The summed E-state index contributed by atoms with van der Waals surface area (Å²) in [4.78, 5) is 25.7. The van der Waals surface area contributed by atoms with E-state index in [1.165, 1.54) is 0 Å². The van der Waals surface area contributed by atoms with Gasteiger partial charge in [0.15, 0.2) is 0 Å². The molecule has 490 valence electrons. The molecule has 8 bridgehead atoms. The van der Waals surface area contributed by atoms with Crippen LogP contribution in [0.4, 0.5) is 0 Å². The molecular formula is C100H60N4Pt. The number of rotatable bonds is 8. The average molecular weight is 1510 g/mol. The molecule has 0 saturated carbocycles. The average Bonchev–Trinajstić information content (AvgIpc) is 1.55. The first-order chi connectivity index (χ1) is 51.5. The standard InChI is InChI=1S/C100H60N4.Pt/c1-5-25-61(26-6-1)65-41-21-45-77(49-65)89-93-81-53-69-33-13-15-35-71(69)55-83(81)95(101-93)90(78-46-22-42-66(50-78)62-27-7-2-8-28-62)97-85-57-73-37-17-19-39-75(73)59-87(85)99(103-97)92(80-48-24-44-68(52-80)64-31-11-4-12-32-64)100-88-60-76-40-20-18-38-74(76)58-86(88)98(104-100)91(79-47-23-43-67(51-79)63-29-9-3-10-30-63)96-84-56-72-36-16-14-34-70(72)54-82(84)94(89)102-96;/h1-60H;/q-2;+2. The van der Waals surface area contributed by atoms with Crippen molar-refractivity contribution in [2.75, 3.05) is 0 Å². The van der Waals surface area contributed by atoms with Crippen LogP contribution in [0.15, 0.2) is 364 Å². The van der Waals surface area contributed by atoms with Crippen molar-refractivity contribution < 1.29 is 21.1 Å². The first-order valence-electron chi connectivity index (χ1n) is 35.6. The summed E-state index contributed by atoms with van der Waals surface area (Å²) in [5, 5.41) is 12.9. The van der Waals surface area contributed by atoms with Crippen molar-refractivity contribution in [3.05, 3.63) is 364 Å². The zero-order valence-electron chi connectivity index (χ0n) is 56.7. The van der Waals surface area contributed by atoms with Gasteiger partial charge >= 0.3 is 21.1 Å². The van der Waals surface area contributed by atoms with E-state index in [-0.39, 0.29) is 21.1 Å². The van der Waals surface area contributed by atoms with Gasteiger partial charge in [-0.15, -0.1) is 22.1 Å². The molecule has 0 radical (unpaired) electrons. The summed E-state index contributed by atoms with van der Waals surface area (Å²) >= 11 is 0. The molecule has 4 heterocycles. The molecule has 21 rings (SSSR count). The van der Waals surface area contributed by atoms with Crippen LogP contribution in [0.2, 0.25) is 0 Å². The third-order valence-electron chi connectivity index (χ3n) is 21.4. The Morgan fingerprint density at radius 3 is 0.562 bits per heavy atom. The van der Waals surface area contributed by atoms with Crippen LogP contribution in [0.25, 0.3) is 221 Å². The van der Waals surface area contributed by atoms with Gasteiger partial charge in [-0.05, 0) is 226 Å². The van der Waals surface area contributed by atoms with Gasteiger partial charge in [0.1, 0.15) is 0 Å². The fourth-order valence-corrected chi connectivity index (χ4v) is 16.5. The summed E-state index contributed by atoms with van der Waals surface area (Å²) < 4.78 is 0. The maximum absolute atomic E-state index is 6.42. The van der Waals surface area contributed by atoms with Crippen LogP contribution in [-0.4, -0.2) is 9.97 Å². The first-order valence-corrected chi connectivity index (χ1v) is 35.6. The van der Waals surface area contributed by atoms with E-state index in [1.807, 2.05) is 0 Å². The predicted molar refractivity (Wildman–Crippen MR) is 436 cm³/mol. The Hall–Kier alpha value is -13.1. The van der Waals surface area contributed by atoms with Crippen LogP contribution in [0.1, 0.15) is 0 Å². The summed E-state index contributed by atoms with van der Waals surface area (Å²) in [6.45, 7) is 0. The van der Waals surface area contributed by atoms with Crippen molar-refractivity contribution in [1.82, 2.24) is 19.9 Å². The quantitative estimate of drug-likeness (QED) is 0.152. The van der Waals surface area contributed by atoms with E-state index in [4.69, 9.17) is 19.9 Å². The van der Waals surface area contributed by atoms with E-state index >= 15 is 0 Å². The Bertz CT molecular complexity index is 6130. The third-order valence-corrected chi connectivity index (χ3v) is 21.4. The van der Waals surface area contributed by atoms with Gasteiger partial charge in [0, 0.05) is 22.3 Å². The number of fused-ring (bicyclic) bond motifs is 4. The third kappa shape index (κ3) is 10.4. The van der Waals surface area contributed by atoms with Gasteiger partial charge < -0.3 is 9.97 Å². The van der Waals surface area contributed by atoms with Crippen LogP contribution in [0, 0.1) is 0 Å². The number of hydrogen-bond acceptors (Lipinski definition) is 2. The molecular weight excluding hydrogens is 1450 g/mol. The van der Waals surface area contributed by atoms with Gasteiger partial charge in [0.2, 0.25) is 0 Å². The second-order valence-corrected chi connectivity index (χ2v) is 27.5. The largest absolute Gasteiger partial charge is 2.00 e. The molecule has 2 aliphatic heterocycles. The number of nitrogens with zero attached hydrogens (tertiary/aromatic N) is 4. The predicted octanol–water partition coefficient (Wildman–Crippen LogP) is 26.5. The van der Waals surface area contributed by atoms with Crippen LogP contribution in [0.5, 0.6) is 0 Å². The van der Waals surface area contributed by atoms with E-state index in [2.05, 4.69) is 364 Å². The molecule has 0 N–H and O–H groups in total. The van der Waals surface area contributed by atoms with E-state index in [1.54, 1.807) is 0 Å². The molecule has 18 aromatic rings. The van der Waals surface area contributed by atoms with Crippen LogP contribution < -0.4 is 9.97 Å². The Labute approximate surface area is 621 Å². The Kier molecular flexibility index (Phi) is 14.8. The van der Waals surface area contributed by atoms with Gasteiger partial charge in [0.05, 0.1) is 22.8 Å². The number of aromatic nitrogens is 4. The van der Waals surface area contributed by atoms with Gasteiger partial charge in [-0.25, -0.2) is 9.97 Å². The molecule has 105 heavy (non-hydrogen) atoms. The SMILES string of the molecule is [Pt+2].c1ccc(-c2cccc(-c3c4nc(c(-c5cccc(-c6ccccc6)c5)c5[n-]c(c(-c6cccc(-c7ccccc7)c6)c6nc(c(-c7cccc(-c8ccccc8)c7)c7[n-]c3c3cc8ccccc8cc73)-c3cc7ccccc7cc3-6)c3cc6ccccc6cc53)-c3cc5ccccc5cc3-4)c2)cc1. The van der Waals surface area contributed by atoms with Crippen molar-refractivity contribution >= 4 is 86.7 Å². The molecule has 0 fully saturated rings. The van der Waals surface area contributed by atoms with E-state index in [0.29, 0.717) is 0 Å². The minimum Gasteiger partial charge on any atom is -0.656 e. The Balaban J connectivity index is 0.00000732. The van der Waals surface area contributed by atoms with Crippen molar-refractivity contribution in [1.29, 1.82) is 0 Å². The molecule has 0 spiro atoms. The zero-order chi connectivity index (χ0) is 68.3. The summed E-state index contributed by atoms with van der Waals surface area (Å²) in [5.41, 5.74) is 26.9. The zero-order valence-corrected chi connectivity index (χ0v) is 59.0. The monoisotopic (exact) mass is 1510 g/mol. The molecule has 16 aromatic carbocycles. The number of benzene rings is 16. The molecule has 0 amide bonds.